The molecule has 1 amide bonds. The number of hydrogen-bond donors (Lipinski definition) is 2. The van der Waals surface area contributed by atoms with Crippen LogP contribution in [0.25, 0.3) is 0 Å². The van der Waals surface area contributed by atoms with Crippen LogP contribution in [0.15, 0.2) is 58.5 Å². The van der Waals surface area contributed by atoms with Gasteiger partial charge in [-0.25, -0.2) is 22.4 Å². The summed E-state index contributed by atoms with van der Waals surface area (Å²) in [4.78, 5) is 44.2. The molecule has 2 aliphatic heterocycles. The standard InChI is InChI=1S/C35H44F4N4O4.C5H10FNO.2C2H6/c1-42-20-34(21-42)22-43(32(44)26(14-40)16-41-15-23-5-7-28(36)13-29(37)8-6-23)17-27(34)19-47-18-25-3-2-4-30(31(25)33(45)46)24-9-11-35(38,39)12-10-24;1-5(2,4-8)7(3)6;2*1-2/h2-5,13-14,16,24,27,29H,6-12,15,17-22,40H2,1H3,(H,45,46);4H,1-3H3;2*1-2H3/b23-5+,26-14+,28-13+,41-16?;;;/t27-,29?;;;/m0.../s1. The van der Waals surface area contributed by atoms with Crippen molar-refractivity contribution in [1.82, 2.24) is 14.9 Å². The van der Waals surface area contributed by atoms with Crippen LogP contribution in [0.4, 0.5) is 22.0 Å². The molecule has 1 aromatic carbocycles. The topological polar surface area (TPSA) is 129 Å². The van der Waals surface area contributed by atoms with Gasteiger partial charge in [-0.3, -0.25) is 9.79 Å². The molecule has 3 fully saturated rings. The van der Waals surface area contributed by atoms with Crippen LogP contribution in [-0.4, -0.2) is 115 Å². The molecule has 10 nitrogen and oxygen atoms in total. The van der Waals surface area contributed by atoms with Crippen LogP contribution < -0.4 is 5.73 Å². The number of nitrogens with two attached hydrogens (primary N) is 1. The molecule has 3 N–H and O–H groups in total. The second kappa shape index (κ2) is 23.7. The number of likely N-dealkylation sites (tertiary alicyclic amines) is 2. The van der Waals surface area contributed by atoms with E-state index in [-0.39, 0.29) is 86.0 Å². The summed E-state index contributed by atoms with van der Waals surface area (Å²) in [6, 6.07) is 5.18. The summed E-state index contributed by atoms with van der Waals surface area (Å²) in [5.74, 6) is -4.83. The highest BCUT2D eigenvalue weighted by Crippen LogP contribution is 2.45. The number of carboxylic acid groups (broad SMARTS) is 1. The first kappa shape index (κ1) is 51.2. The number of aldehydes is 1. The van der Waals surface area contributed by atoms with E-state index in [2.05, 4.69) is 9.89 Å². The van der Waals surface area contributed by atoms with E-state index in [1.165, 1.54) is 33.3 Å². The summed E-state index contributed by atoms with van der Waals surface area (Å²) in [6.45, 7) is 14.0. The normalized spacial score (nSPS) is 23.8. The molecule has 1 unspecified atom stereocenters. The van der Waals surface area contributed by atoms with Crippen molar-refractivity contribution in [3.63, 3.8) is 0 Å². The molecule has 5 rings (SSSR count). The zero-order valence-corrected chi connectivity index (χ0v) is 36.1. The van der Waals surface area contributed by atoms with E-state index in [0.717, 1.165) is 24.7 Å². The van der Waals surface area contributed by atoms with Crippen molar-refractivity contribution in [3.8, 4) is 0 Å². The maximum absolute atomic E-state index is 13.8. The molecule has 1 aromatic rings. The number of allylic oxidation sites excluding steroid dienone is 3. The molecule has 2 aliphatic carbocycles. The smallest absolute Gasteiger partial charge is 0.336 e. The number of aliphatic imine (C=N–C) groups is 1. The van der Waals surface area contributed by atoms with Crippen molar-refractivity contribution in [3.05, 3.63) is 70.2 Å². The van der Waals surface area contributed by atoms with Crippen LogP contribution in [-0.2, 0) is 20.9 Å². The summed E-state index contributed by atoms with van der Waals surface area (Å²) in [5, 5.41) is 10.5. The monoisotopic (exact) mass is 839 g/mol. The van der Waals surface area contributed by atoms with E-state index in [1.807, 2.05) is 34.7 Å². The van der Waals surface area contributed by atoms with Crippen molar-refractivity contribution in [2.45, 2.75) is 117 Å². The summed E-state index contributed by atoms with van der Waals surface area (Å²) < 4.78 is 73.3. The van der Waals surface area contributed by atoms with E-state index in [4.69, 9.17) is 10.5 Å². The Morgan fingerprint density at radius 2 is 1.75 bits per heavy atom. The number of amides is 1. The highest BCUT2D eigenvalue weighted by Gasteiger charge is 2.54. The molecular weight excluding hydrogens is 774 g/mol. The predicted octanol–water partition coefficient (Wildman–Crippen LogP) is 8.63. The van der Waals surface area contributed by atoms with Crippen LogP contribution in [0.1, 0.15) is 114 Å². The van der Waals surface area contributed by atoms with Gasteiger partial charge in [0.2, 0.25) is 5.92 Å². The maximum atomic E-state index is 13.8. The minimum absolute atomic E-state index is 0.00710. The number of carboxylic acids is 1. The largest absolute Gasteiger partial charge is 0.478 e. The van der Waals surface area contributed by atoms with Gasteiger partial charge in [-0.1, -0.05) is 57.5 Å². The lowest BCUT2D eigenvalue weighted by Crippen LogP contribution is -2.59. The SMILES string of the molecule is CC.CC.CN(F)C(C)(C)C=O.CN1CC2(C1)CN(C(=O)/C(C=NC/C1=C/C/C(F)=C\C(F)CC1)=C/N)C[C@H]2COCc1cccc(C2CCC(F)(F)CC2)c1C(=O)O. The van der Waals surface area contributed by atoms with Gasteiger partial charge in [0.05, 0.1) is 30.9 Å². The molecule has 2 atom stereocenters. The minimum Gasteiger partial charge on any atom is -0.478 e. The van der Waals surface area contributed by atoms with Gasteiger partial charge in [0.15, 0.2) is 0 Å². The van der Waals surface area contributed by atoms with Crippen molar-refractivity contribution in [2.75, 3.05) is 53.4 Å². The molecule has 0 radical (unpaired) electrons. The third kappa shape index (κ3) is 14.6. The van der Waals surface area contributed by atoms with Crippen LogP contribution >= 0.6 is 0 Å². The molecule has 0 bridgehead atoms. The quantitative estimate of drug-likeness (QED) is 0.0535. The van der Waals surface area contributed by atoms with Gasteiger partial charge in [-0.15, -0.1) is 9.60 Å². The number of nitrogens with zero attached hydrogens (tertiary/aromatic N) is 4. The Morgan fingerprint density at radius 1 is 1.10 bits per heavy atom. The molecule has 1 saturated carbocycles. The van der Waals surface area contributed by atoms with E-state index < -0.39 is 29.4 Å². The fourth-order valence-corrected chi connectivity index (χ4v) is 7.65. The molecule has 4 aliphatic rings. The van der Waals surface area contributed by atoms with E-state index >= 15 is 0 Å². The van der Waals surface area contributed by atoms with Gasteiger partial charge in [0, 0.05) is 76.2 Å². The Balaban J connectivity index is 0.000000884. The third-order valence-electron chi connectivity index (χ3n) is 11.1. The van der Waals surface area contributed by atoms with E-state index in [1.54, 1.807) is 29.2 Å². The average molecular weight is 840 g/mol. The molecule has 2 saturated heterocycles. The predicted molar refractivity (Wildman–Crippen MR) is 223 cm³/mol. The Morgan fingerprint density at radius 3 is 2.29 bits per heavy atom. The van der Waals surface area contributed by atoms with Gasteiger partial charge in [-0.05, 0) is 69.7 Å². The first-order chi connectivity index (χ1) is 27.9. The fraction of sp³-hybridized carbons (Fsp3) is 0.636. The van der Waals surface area contributed by atoms with Crippen LogP contribution in [0.5, 0.6) is 0 Å². The average Bonchev–Trinajstić information content (AvgIpc) is 3.57. The molecule has 1 spiro atoms. The van der Waals surface area contributed by atoms with E-state index in [9.17, 15) is 41.5 Å². The van der Waals surface area contributed by atoms with E-state index in [0.29, 0.717) is 48.7 Å². The molecular formula is C44H66F5N5O5. The van der Waals surface area contributed by atoms with Crippen molar-refractivity contribution < 1.29 is 46.3 Å². The first-order valence-electron chi connectivity index (χ1n) is 20.6. The lowest BCUT2D eigenvalue weighted by atomic mass is 9.72. The number of carbonyl (C=O) groups excluding carboxylic acids is 2. The Kier molecular flexibility index (Phi) is 20.6. The zero-order chi connectivity index (χ0) is 44.6. The second-order valence-corrected chi connectivity index (χ2v) is 15.8. The summed E-state index contributed by atoms with van der Waals surface area (Å²) in [5.41, 5.74) is 6.90. The number of alkyl halides is 3. The third-order valence-corrected chi connectivity index (χ3v) is 11.1. The van der Waals surface area contributed by atoms with Gasteiger partial charge in [0.1, 0.15) is 23.8 Å². The lowest BCUT2D eigenvalue weighted by molar-refractivity contribution is -0.127. The maximum Gasteiger partial charge on any atom is 0.336 e. The second-order valence-electron chi connectivity index (χ2n) is 15.8. The fourth-order valence-electron chi connectivity index (χ4n) is 7.65. The van der Waals surface area contributed by atoms with Gasteiger partial charge >= 0.3 is 5.97 Å². The van der Waals surface area contributed by atoms with Crippen LogP contribution in [0.3, 0.4) is 0 Å². The zero-order valence-electron chi connectivity index (χ0n) is 36.1. The summed E-state index contributed by atoms with van der Waals surface area (Å²) in [6.07, 6.45) is 5.16. The van der Waals surface area contributed by atoms with Gasteiger partial charge in [0.25, 0.3) is 5.91 Å². The van der Waals surface area contributed by atoms with Gasteiger partial charge < -0.3 is 30.2 Å². The summed E-state index contributed by atoms with van der Waals surface area (Å²) >= 11 is 0. The number of benzene rings is 1. The number of likely N-dealkylation sites (N-methyl/N-ethyl adjacent to an activating group) is 1. The Hall–Kier alpha value is -3.95. The number of aromatic carboxylic acids is 1. The highest BCUT2D eigenvalue weighted by molar-refractivity contribution is 6.12. The number of rotatable bonds is 12. The Bertz CT molecular complexity index is 1650. The Labute approximate surface area is 347 Å². The highest BCUT2D eigenvalue weighted by atomic mass is 19.3. The van der Waals surface area contributed by atoms with Crippen molar-refractivity contribution in [2.24, 2.45) is 22.1 Å². The summed E-state index contributed by atoms with van der Waals surface area (Å²) in [7, 11) is 3.22. The molecule has 0 aromatic heterocycles. The van der Waals surface area contributed by atoms with Gasteiger partial charge in [-0.2, -0.15) is 0 Å². The van der Waals surface area contributed by atoms with Crippen molar-refractivity contribution >= 4 is 24.4 Å². The van der Waals surface area contributed by atoms with Crippen molar-refractivity contribution in [1.29, 1.82) is 0 Å². The number of ether oxygens (including phenoxy) is 1. The van der Waals surface area contributed by atoms with Crippen LogP contribution in [0.2, 0.25) is 0 Å². The number of hydrogen-bond acceptors (Lipinski definition) is 8. The molecule has 15 heteroatoms. The first-order valence-corrected chi connectivity index (χ1v) is 20.6. The minimum atomic E-state index is -2.71. The molecule has 332 valence electrons. The number of halogens is 5. The number of carbonyl (C=O) groups is 3. The molecule has 2 heterocycles. The molecule has 59 heavy (non-hydrogen) atoms. The van der Waals surface area contributed by atoms with Crippen LogP contribution in [0, 0.1) is 11.3 Å². The lowest BCUT2D eigenvalue weighted by Gasteiger charge is -2.49.